The second-order valence-electron chi connectivity index (χ2n) is 7.24. The highest BCUT2D eigenvalue weighted by molar-refractivity contribution is 6.72. The van der Waals surface area contributed by atoms with Crippen molar-refractivity contribution in [3.05, 3.63) is 35.0 Å². The number of amides is 1. The lowest BCUT2D eigenvalue weighted by Gasteiger charge is -2.20. The van der Waals surface area contributed by atoms with Crippen molar-refractivity contribution in [1.29, 1.82) is 0 Å². The number of hydrogen-bond donors (Lipinski definition) is 2. The van der Waals surface area contributed by atoms with Gasteiger partial charge in [0.2, 0.25) is 0 Å². The van der Waals surface area contributed by atoms with E-state index in [4.69, 9.17) is 26.8 Å². The van der Waals surface area contributed by atoms with E-state index in [1.54, 1.807) is 32.0 Å². The van der Waals surface area contributed by atoms with Crippen LogP contribution < -0.4 is 15.8 Å². The van der Waals surface area contributed by atoms with Crippen LogP contribution in [0.5, 0.6) is 5.75 Å². The summed E-state index contributed by atoms with van der Waals surface area (Å²) in [6.07, 6.45) is 0.457. The maximum atomic E-state index is 13.1. The van der Waals surface area contributed by atoms with E-state index in [1.165, 1.54) is 7.05 Å². The zero-order chi connectivity index (χ0) is 25.0. The Labute approximate surface area is 198 Å². The Bertz CT molecular complexity index is 875. The van der Waals surface area contributed by atoms with Gasteiger partial charge in [-0.15, -0.1) is 0 Å². The molecule has 1 aromatic rings. The maximum absolute atomic E-state index is 13.1. The van der Waals surface area contributed by atoms with E-state index in [0.717, 1.165) is 25.7 Å². The SMILES string of the molecule is CCCCCCC(Oc1cccc(NC(=O)C(C(Cl)=NC)=C(N)C(F)F)c1C)C(=O)OCC. The van der Waals surface area contributed by atoms with Gasteiger partial charge in [0.05, 0.1) is 12.3 Å². The number of nitrogens with two attached hydrogens (primary N) is 1. The molecule has 1 unspecified atom stereocenters. The van der Waals surface area contributed by atoms with Crippen molar-refractivity contribution in [3.8, 4) is 5.75 Å². The van der Waals surface area contributed by atoms with Crippen LogP contribution >= 0.6 is 11.6 Å². The summed E-state index contributed by atoms with van der Waals surface area (Å²) in [6.45, 7) is 5.70. The Morgan fingerprint density at radius 2 is 1.91 bits per heavy atom. The van der Waals surface area contributed by atoms with E-state index >= 15 is 0 Å². The lowest BCUT2D eigenvalue weighted by Crippen LogP contribution is -2.30. The predicted octanol–water partition coefficient (Wildman–Crippen LogP) is 4.96. The zero-order valence-electron chi connectivity index (χ0n) is 19.4. The molecule has 1 rings (SSSR count). The number of alkyl halides is 2. The number of anilines is 1. The maximum Gasteiger partial charge on any atom is 0.347 e. The Hall–Kier alpha value is -2.68. The van der Waals surface area contributed by atoms with E-state index in [0.29, 0.717) is 17.7 Å². The molecule has 0 heterocycles. The van der Waals surface area contributed by atoms with E-state index in [-0.39, 0.29) is 12.3 Å². The Kier molecular flexibility index (Phi) is 12.4. The fraction of sp³-hybridized carbons (Fsp3) is 0.522. The Balaban J connectivity index is 3.15. The molecule has 0 saturated carbocycles. The highest BCUT2D eigenvalue weighted by Crippen LogP contribution is 2.28. The van der Waals surface area contributed by atoms with E-state index in [1.807, 2.05) is 0 Å². The number of hydrogen-bond acceptors (Lipinski definition) is 6. The molecule has 1 aromatic carbocycles. The fourth-order valence-electron chi connectivity index (χ4n) is 3.00. The van der Waals surface area contributed by atoms with Gasteiger partial charge >= 0.3 is 5.97 Å². The lowest BCUT2D eigenvalue weighted by molar-refractivity contribution is -0.151. The van der Waals surface area contributed by atoms with Crippen molar-refractivity contribution < 1.29 is 27.8 Å². The van der Waals surface area contributed by atoms with Gasteiger partial charge in [0.25, 0.3) is 12.3 Å². The summed E-state index contributed by atoms with van der Waals surface area (Å²) < 4.78 is 37.3. The molecule has 7 nitrogen and oxygen atoms in total. The van der Waals surface area contributed by atoms with Crippen LogP contribution in [0.15, 0.2) is 34.5 Å². The van der Waals surface area contributed by atoms with E-state index in [9.17, 15) is 18.4 Å². The molecule has 0 saturated heterocycles. The number of carbonyl (C=O) groups excluding carboxylic acids is 2. The molecule has 0 spiro atoms. The summed E-state index contributed by atoms with van der Waals surface area (Å²) in [5, 5.41) is 2.08. The van der Waals surface area contributed by atoms with Crippen molar-refractivity contribution in [2.75, 3.05) is 19.0 Å². The molecule has 1 amide bonds. The van der Waals surface area contributed by atoms with Crippen LogP contribution in [0.3, 0.4) is 0 Å². The van der Waals surface area contributed by atoms with Crippen LogP contribution in [0, 0.1) is 6.92 Å². The third kappa shape index (κ3) is 8.64. The average molecular weight is 488 g/mol. The molecular formula is C23H32ClF2N3O4. The summed E-state index contributed by atoms with van der Waals surface area (Å²) >= 11 is 5.85. The number of aliphatic imine (C=N–C) groups is 1. The van der Waals surface area contributed by atoms with Crippen molar-refractivity contribution in [3.63, 3.8) is 0 Å². The lowest BCUT2D eigenvalue weighted by atomic mass is 10.1. The number of ether oxygens (including phenoxy) is 2. The summed E-state index contributed by atoms with van der Waals surface area (Å²) in [7, 11) is 1.25. The molecule has 0 fully saturated rings. The normalized spacial score (nSPS) is 13.4. The number of allylic oxidation sites excluding steroid dienone is 1. The number of esters is 1. The molecule has 0 bridgehead atoms. The number of carbonyl (C=O) groups is 2. The number of halogens is 3. The number of unbranched alkanes of at least 4 members (excludes halogenated alkanes) is 3. The molecule has 0 aromatic heterocycles. The molecule has 33 heavy (non-hydrogen) atoms. The molecule has 0 aliphatic carbocycles. The van der Waals surface area contributed by atoms with E-state index in [2.05, 4.69) is 17.2 Å². The largest absolute Gasteiger partial charge is 0.478 e. The average Bonchev–Trinajstić information content (AvgIpc) is 2.78. The van der Waals surface area contributed by atoms with Crippen LogP contribution in [0.1, 0.15) is 51.5 Å². The van der Waals surface area contributed by atoms with Gasteiger partial charge in [0.15, 0.2) is 6.10 Å². The Morgan fingerprint density at radius 3 is 2.48 bits per heavy atom. The first-order chi connectivity index (χ1) is 15.7. The molecule has 0 aliphatic rings. The number of nitrogens with zero attached hydrogens (tertiary/aromatic N) is 1. The van der Waals surface area contributed by atoms with Gasteiger partial charge in [-0.25, -0.2) is 13.6 Å². The fourth-order valence-corrected chi connectivity index (χ4v) is 3.19. The molecule has 184 valence electrons. The topological polar surface area (TPSA) is 103 Å². The molecule has 3 N–H and O–H groups in total. The van der Waals surface area contributed by atoms with Gasteiger partial charge in [-0.3, -0.25) is 9.79 Å². The summed E-state index contributed by atoms with van der Waals surface area (Å²) in [5.41, 5.74) is 4.57. The highest BCUT2D eigenvalue weighted by atomic mass is 35.5. The van der Waals surface area contributed by atoms with Gasteiger partial charge < -0.3 is 20.5 Å². The minimum absolute atomic E-state index is 0.225. The third-order valence-electron chi connectivity index (χ3n) is 4.82. The first-order valence-corrected chi connectivity index (χ1v) is 11.2. The van der Waals surface area contributed by atoms with Gasteiger partial charge in [-0.05, 0) is 38.8 Å². The van der Waals surface area contributed by atoms with Gasteiger partial charge in [-0.1, -0.05) is 43.9 Å². The zero-order valence-corrected chi connectivity index (χ0v) is 20.2. The van der Waals surface area contributed by atoms with Crippen LogP contribution in [0.4, 0.5) is 14.5 Å². The van der Waals surface area contributed by atoms with Gasteiger partial charge in [-0.2, -0.15) is 0 Å². The minimum atomic E-state index is -3.09. The highest BCUT2D eigenvalue weighted by Gasteiger charge is 2.25. The molecule has 10 heteroatoms. The first-order valence-electron chi connectivity index (χ1n) is 10.8. The van der Waals surface area contributed by atoms with Crippen LogP contribution in [0.25, 0.3) is 0 Å². The molecular weight excluding hydrogens is 456 g/mol. The van der Waals surface area contributed by atoms with Gasteiger partial charge in [0, 0.05) is 18.3 Å². The van der Waals surface area contributed by atoms with Crippen LogP contribution in [-0.2, 0) is 14.3 Å². The first kappa shape index (κ1) is 28.4. The minimum Gasteiger partial charge on any atom is -0.478 e. The van der Waals surface area contributed by atoms with Crippen molar-refractivity contribution in [2.45, 2.75) is 65.4 Å². The summed E-state index contributed by atoms with van der Waals surface area (Å²) in [5.74, 6) is -1.06. The Morgan fingerprint density at radius 1 is 1.21 bits per heavy atom. The smallest absolute Gasteiger partial charge is 0.347 e. The summed E-state index contributed by atoms with van der Waals surface area (Å²) in [4.78, 5) is 28.7. The summed E-state index contributed by atoms with van der Waals surface area (Å²) in [6, 6.07) is 4.81. The molecule has 0 aliphatic heterocycles. The van der Waals surface area contributed by atoms with Crippen LogP contribution in [-0.4, -0.2) is 43.2 Å². The van der Waals surface area contributed by atoms with Crippen molar-refractivity contribution >= 4 is 34.3 Å². The van der Waals surface area contributed by atoms with Crippen molar-refractivity contribution in [1.82, 2.24) is 0 Å². The molecule has 0 radical (unpaired) electrons. The van der Waals surface area contributed by atoms with Crippen molar-refractivity contribution in [2.24, 2.45) is 10.7 Å². The second-order valence-corrected chi connectivity index (χ2v) is 7.59. The third-order valence-corrected chi connectivity index (χ3v) is 5.18. The van der Waals surface area contributed by atoms with Crippen LogP contribution in [0.2, 0.25) is 0 Å². The number of rotatable bonds is 13. The van der Waals surface area contributed by atoms with Gasteiger partial charge in [0.1, 0.15) is 16.5 Å². The van der Waals surface area contributed by atoms with E-state index < -0.39 is 40.8 Å². The second kappa shape index (κ2) is 14.5. The predicted molar refractivity (Wildman–Crippen MR) is 126 cm³/mol. The number of nitrogens with one attached hydrogen (secondary N) is 1. The molecule has 1 atom stereocenters. The quantitative estimate of drug-likeness (QED) is 0.177. The standard InChI is InChI=1S/C23H32ClF2N3O4/c1-5-7-8-9-12-17(23(31)32-6-2)33-16-13-10-11-15(14(16)3)29-22(30)18(20(24)28-4)19(27)21(25)26/h10-11,13,17,21H,5-9,12,27H2,1-4H3,(H,29,30). The number of benzene rings is 1. The monoisotopic (exact) mass is 487 g/mol.